The third-order valence-electron chi connectivity index (χ3n) is 6.47. The third-order valence-corrected chi connectivity index (χ3v) is 6.47. The highest BCUT2D eigenvalue weighted by Gasteiger charge is 2.22. The van der Waals surface area contributed by atoms with Crippen molar-refractivity contribution in [1.29, 1.82) is 0 Å². The molecule has 1 aromatic heterocycles. The van der Waals surface area contributed by atoms with Crippen LogP contribution in [-0.2, 0) is 13.1 Å². The molecule has 3 heterocycles. The highest BCUT2D eigenvalue weighted by molar-refractivity contribution is 5.91. The van der Waals surface area contributed by atoms with Gasteiger partial charge in [0.25, 0.3) is 5.91 Å². The average Bonchev–Trinajstić information content (AvgIpc) is 3.61. The summed E-state index contributed by atoms with van der Waals surface area (Å²) in [5.74, 6) is 3.04. The Labute approximate surface area is 220 Å². The summed E-state index contributed by atoms with van der Waals surface area (Å²) in [6, 6.07) is 12.9. The summed E-state index contributed by atoms with van der Waals surface area (Å²) in [5, 5.41) is 13.3. The number of ether oxygens (including phenoxy) is 4. The second kappa shape index (κ2) is 12.2. The zero-order chi connectivity index (χ0) is 26.3. The first-order valence-electron chi connectivity index (χ1n) is 12.6. The molecular weight excluding hydrogens is 492 g/mol. The molecule has 2 aromatic carbocycles. The van der Waals surface area contributed by atoms with Crippen molar-refractivity contribution >= 4 is 5.91 Å². The van der Waals surface area contributed by atoms with Crippen molar-refractivity contribution in [2.75, 3.05) is 53.2 Å². The van der Waals surface area contributed by atoms with E-state index in [2.05, 4.69) is 20.1 Å². The molecule has 1 unspecified atom stereocenters. The minimum Gasteiger partial charge on any atom is -0.497 e. The average molecular weight is 525 g/mol. The Hall–Kier alpha value is -3.80. The molecule has 11 heteroatoms. The Morgan fingerprint density at radius 3 is 2.58 bits per heavy atom. The highest BCUT2D eigenvalue weighted by Crippen LogP contribution is 2.32. The monoisotopic (exact) mass is 524 g/mol. The predicted molar refractivity (Wildman–Crippen MR) is 136 cm³/mol. The molecule has 0 radical (unpaired) electrons. The van der Waals surface area contributed by atoms with Gasteiger partial charge in [-0.15, -0.1) is 0 Å². The molecule has 5 rings (SSSR count). The molecule has 0 bridgehead atoms. The minimum absolute atomic E-state index is 0.212. The van der Waals surface area contributed by atoms with Crippen molar-refractivity contribution < 1.29 is 33.3 Å². The van der Waals surface area contributed by atoms with Crippen LogP contribution in [0, 0.1) is 0 Å². The summed E-state index contributed by atoms with van der Waals surface area (Å²) in [4.78, 5) is 21.3. The van der Waals surface area contributed by atoms with Gasteiger partial charge in [-0.25, -0.2) is 4.98 Å². The number of hydrogen-bond donors (Lipinski definition) is 2. The smallest absolute Gasteiger partial charge is 0.273 e. The molecule has 1 atom stereocenters. The molecule has 1 fully saturated rings. The van der Waals surface area contributed by atoms with Gasteiger partial charge in [0.2, 0.25) is 12.7 Å². The second-order valence-electron chi connectivity index (χ2n) is 9.21. The summed E-state index contributed by atoms with van der Waals surface area (Å²) in [7, 11) is 1.62. The number of rotatable bonds is 11. The summed E-state index contributed by atoms with van der Waals surface area (Å²) in [5.41, 5.74) is 1.15. The normalized spacial score (nSPS) is 16.3. The SMILES string of the molecule is COc1ccc(OCC(O)CN2CCN(Cc3nc(C(=O)NCc4ccc5c(c4)OCO5)co3)CC2)cc1. The Balaban J connectivity index is 1.01. The van der Waals surface area contributed by atoms with Crippen LogP contribution < -0.4 is 24.3 Å². The number of β-amino-alcohol motifs (C(OH)–C–C–N with tert-alkyl or cyclic N) is 1. The van der Waals surface area contributed by atoms with Crippen LogP contribution in [0.2, 0.25) is 0 Å². The number of piperazine rings is 1. The minimum atomic E-state index is -0.589. The lowest BCUT2D eigenvalue weighted by Crippen LogP contribution is -2.48. The molecule has 0 saturated carbocycles. The van der Waals surface area contributed by atoms with Crippen molar-refractivity contribution in [3.8, 4) is 23.0 Å². The summed E-state index contributed by atoms with van der Waals surface area (Å²) >= 11 is 0. The number of oxazole rings is 1. The largest absolute Gasteiger partial charge is 0.497 e. The fourth-order valence-electron chi connectivity index (χ4n) is 4.35. The highest BCUT2D eigenvalue weighted by atomic mass is 16.7. The first-order valence-corrected chi connectivity index (χ1v) is 12.6. The maximum atomic E-state index is 12.5. The van der Waals surface area contributed by atoms with Gasteiger partial charge in [0.15, 0.2) is 17.2 Å². The van der Waals surface area contributed by atoms with Crippen LogP contribution in [0.1, 0.15) is 21.9 Å². The van der Waals surface area contributed by atoms with E-state index in [4.69, 9.17) is 23.4 Å². The topological polar surface area (TPSA) is 119 Å². The van der Waals surface area contributed by atoms with Crippen molar-refractivity contribution in [3.63, 3.8) is 0 Å². The van der Waals surface area contributed by atoms with E-state index in [9.17, 15) is 9.90 Å². The van der Waals surface area contributed by atoms with Gasteiger partial charge in [-0.2, -0.15) is 0 Å². The Kier molecular flexibility index (Phi) is 8.27. The van der Waals surface area contributed by atoms with Gasteiger partial charge in [0, 0.05) is 39.3 Å². The Bertz CT molecular complexity index is 1210. The van der Waals surface area contributed by atoms with Crippen LogP contribution in [0.3, 0.4) is 0 Å². The lowest BCUT2D eigenvalue weighted by Gasteiger charge is -2.34. The Morgan fingerprint density at radius 1 is 1.05 bits per heavy atom. The molecule has 3 aromatic rings. The summed E-state index contributed by atoms with van der Waals surface area (Å²) in [6.45, 7) is 5.07. The van der Waals surface area contributed by atoms with Crippen LogP contribution in [0.25, 0.3) is 0 Å². The van der Waals surface area contributed by atoms with Crippen molar-refractivity contribution in [2.45, 2.75) is 19.2 Å². The number of aliphatic hydroxyl groups excluding tert-OH is 1. The fraction of sp³-hybridized carbons (Fsp3) is 0.407. The van der Waals surface area contributed by atoms with Crippen molar-refractivity contribution in [1.82, 2.24) is 20.1 Å². The van der Waals surface area contributed by atoms with E-state index in [1.807, 2.05) is 42.5 Å². The number of nitrogens with zero attached hydrogens (tertiary/aromatic N) is 3. The van der Waals surface area contributed by atoms with E-state index in [0.717, 1.165) is 37.5 Å². The van der Waals surface area contributed by atoms with E-state index in [-0.39, 0.29) is 25.0 Å². The number of benzene rings is 2. The number of amides is 1. The van der Waals surface area contributed by atoms with E-state index in [1.54, 1.807) is 7.11 Å². The van der Waals surface area contributed by atoms with Gasteiger partial charge in [-0.05, 0) is 42.0 Å². The molecule has 1 amide bonds. The number of methoxy groups -OCH3 is 1. The summed E-state index contributed by atoms with van der Waals surface area (Å²) in [6.07, 6.45) is 0.800. The molecular formula is C27H32N4O7. The number of carbonyl (C=O) groups is 1. The lowest BCUT2D eigenvalue weighted by atomic mass is 10.2. The van der Waals surface area contributed by atoms with Crippen LogP contribution in [0.4, 0.5) is 0 Å². The Morgan fingerprint density at radius 2 is 1.79 bits per heavy atom. The molecule has 38 heavy (non-hydrogen) atoms. The number of hydrogen-bond acceptors (Lipinski definition) is 10. The quantitative estimate of drug-likeness (QED) is 0.385. The number of aliphatic hydroxyl groups is 1. The fourth-order valence-corrected chi connectivity index (χ4v) is 4.35. The van der Waals surface area contributed by atoms with Gasteiger partial charge in [-0.3, -0.25) is 14.6 Å². The number of carbonyl (C=O) groups excluding carboxylic acids is 1. The number of aromatic nitrogens is 1. The predicted octanol–water partition coefficient (Wildman–Crippen LogP) is 1.90. The molecule has 2 N–H and O–H groups in total. The first kappa shape index (κ1) is 25.8. The second-order valence-corrected chi connectivity index (χ2v) is 9.21. The van der Waals surface area contributed by atoms with Gasteiger partial charge >= 0.3 is 0 Å². The van der Waals surface area contributed by atoms with Crippen molar-refractivity contribution in [3.05, 3.63) is 65.9 Å². The lowest BCUT2D eigenvalue weighted by molar-refractivity contribution is 0.0430. The van der Waals surface area contributed by atoms with Gasteiger partial charge in [0.1, 0.15) is 30.5 Å². The zero-order valence-corrected chi connectivity index (χ0v) is 21.3. The zero-order valence-electron chi connectivity index (χ0n) is 21.3. The van der Waals surface area contributed by atoms with Crippen molar-refractivity contribution in [2.24, 2.45) is 0 Å². The molecule has 2 aliphatic heterocycles. The third kappa shape index (κ3) is 6.74. The molecule has 2 aliphatic rings. The summed E-state index contributed by atoms with van der Waals surface area (Å²) < 4.78 is 27.1. The molecule has 0 aliphatic carbocycles. The molecule has 202 valence electrons. The first-order chi connectivity index (χ1) is 18.6. The number of fused-ring (bicyclic) bond motifs is 1. The maximum Gasteiger partial charge on any atom is 0.273 e. The molecule has 0 spiro atoms. The van der Waals surface area contributed by atoms with Crippen LogP contribution in [0.15, 0.2) is 53.1 Å². The van der Waals surface area contributed by atoms with Crippen LogP contribution >= 0.6 is 0 Å². The molecule has 1 saturated heterocycles. The van der Waals surface area contributed by atoms with Crippen LogP contribution in [0.5, 0.6) is 23.0 Å². The molecule has 11 nitrogen and oxygen atoms in total. The van der Waals surface area contributed by atoms with E-state index in [1.165, 1.54) is 6.26 Å². The number of nitrogens with one attached hydrogen (secondary N) is 1. The maximum absolute atomic E-state index is 12.5. The van der Waals surface area contributed by atoms with E-state index >= 15 is 0 Å². The van der Waals surface area contributed by atoms with Crippen LogP contribution in [-0.4, -0.2) is 85.1 Å². The van der Waals surface area contributed by atoms with Gasteiger partial charge in [-0.1, -0.05) is 6.07 Å². The van der Waals surface area contributed by atoms with E-state index < -0.39 is 6.10 Å². The van der Waals surface area contributed by atoms with Gasteiger partial charge < -0.3 is 33.8 Å². The van der Waals surface area contributed by atoms with Gasteiger partial charge in [0.05, 0.1) is 13.7 Å². The van der Waals surface area contributed by atoms with E-state index in [0.29, 0.717) is 42.8 Å². The standard InChI is InChI=1S/C27H32N4O7/c1-34-21-3-5-22(6-4-21)35-16-20(32)14-30-8-10-31(11-9-30)15-26-29-23(17-36-26)27(33)28-13-19-2-7-24-25(12-19)38-18-37-24/h2-7,12,17,20,32H,8-11,13-16,18H2,1H3,(H,28,33).